The second-order valence-corrected chi connectivity index (χ2v) is 5.80. The van der Waals surface area contributed by atoms with E-state index >= 15 is 0 Å². The zero-order chi connectivity index (χ0) is 16.9. The number of esters is 1. The van der Waals surface area contributed by atoms with Crippen LogP contribution in [0.3, 0.4) is 0 Å². The number of ether oxygens (including phenoxy) is 1. The van der Waals surface area contributed by atoms with Gasteiger partial charge >= 0.3 is 5.97 Å². The summed E-state index contributed by atoms with van der Waals surface area (Å²) in [6.07, 6.45) is 0.534. The van der Waals surface area contributed by atoms with E-state index in [2.05, 4.69) is 10.6 Å². The Hall–Kier alpha value is -2.66. The molecule has 1 fully saturated rings. The normalized spacial score (nSPS) is 19.7. The first-order valence-electron chi connectivity index (χ1n) is 7.95. The molecule has 1 aliphatic rings. The van der Waals surface area contributed by atoms with E-state index < -0.39 is 0 Å². The van der Waals surface area contributed by atoms with Crippen LogP contribution in [0.2, 0.25) is 0 Å². The second kappa shape index (κ2) is 7.27. The predicted molar refractivity (Wildman–Crippen MR) is 91.6 cm³/mol. The van der Waals surface area contributed by atoms with Gasteiger partial charge in [-0.1, -0.05) is 48.5 Å². The lowest BCUT2D eigenvalue weighted by Crippen LogP contribution is -2.36. The van der Waals surface area contributed by atoms with Crippen LogP contribution < -0.4 is 10.6 Å². The predicted octanol–water partition coefficient (Wildman–Crippen LogP) is 1.99. The van der Waals surface area contributed by atoms with Crippen LogP contribution in [0, 0.1) is 0 Å². The minimum absolute atomic E-state index is 0.0922. The fraction of sp³-hybridized carbons (Fsp3) is 0.263. The van der Waals surface area contributed by atoms with Gasteiger partial charge in [0.2, 0.25) is 0 Å². The lowest BCUT2D eigenvalue weighted by molar-refractivity contribution is -0.142. The van der Waals surface area contributed by atoms with E-state index in [0.717, 1.165) is 11.1 Å². The van der Waals surface area contributed by atoms with Gasteiger partial charge in [-0.2, -0.15) is 0 Å². The Morgan fingerprint density at radius 3 is 2.54 bits per heavy atom. The van der Waals surface area contributed by atoms with Crippen LogP contribution in [-0.2, 0) is 9.53 Å². The molecule has 0 bridgehead atoms. The monoisotopic (exact) mass is 324 g/mol. The largest absolute Gasteiger partial charge is 0.468 e. The summed E-state index contributed by atoms with van der Waals surface area (Å²) in [5.41, 5.74) is 2.52. The molecular formula is C19H20N2O3. The molecule has 0 aromatic heterocycles. The number of benzene rings is 2. The van der Waals surface area contributed by atoms with E-state index in [1.165, 1.54) is 7.11 Å². The number of carbonyl (C=O) groups excluding carboxylic acids is 2. The Morgan fingerprint density at radius 1 is 1.08 bits per heavy atom. The van der Waals surface area contributed by atoms with Crippen molar-refractivity contribution in [3.8, 4) is 11.1 Å². The van der Waals surface area contributed by atoms with Crippen LogP contribution in [0.4, 0.5) is 0 Å². The standard InChI is InChI=1S/C19H20N2O3/c1-24-19(23)17-11-14(12-20-17)21-18(22)16-10-6-5-9-15(16)13-7-3-2-4-8-13/h2-10,14,17,20H,11-12H2,1H3,(H,21,22)/t14-,17+/m1/s1. The van der Waals surface area contributed by atoms with E-state index in [1.807, 2.05) is 54.6 Å². The van der Waals surface area contributed by atoms with E-state index in [9.17, 15) is 9.59 Å². The van der Waals surface area contributed by atoms with Gasteiger partial charge in [0, 0.05) is 18.2 Å². The summed E-state index contributed by atoms with van der Waals surface area (Å²) >= 11 is 0. The van der Waals surface area contributed by atoms with E-state index in [1.54, 1.807) is 0 Å². The molecule has 1 aliphatic heterocycles. The molecule has 1 saturated heterocycles. The Kier molecular flexibility index (Phi) is 4.91. The van der Waals surface area contributed by atoms with Gasteiger partial charge in [-0.3, -0.25) is 9.59 Å². The van der Waals surface area contributed by atoms with Gasteiger partial charge in [0.25, 0.3) is 5.91 Å². The van der Waals surface area contributed by atoms with Gasteiger partial charge in [-0.25, -0.2) is 0 Å². The van der Waals surface area contributed by atoms with Crippen molar-refractivity contribution in [2.24, 2.45) is 0 Å². The number of hydrogen-bond donors (Lipinski definition) is 2. The molecule has 0 spiro atoms. The molecule has 0 saturated carbocycles. The number of carbonyl (C=O) groups is 2. The van der Waals surface area contributed by atoms with Crippen molar-refractivity contribution in [2.45, 2.75) is 18.5 Å². The van der Waals surface area contributed by atoms with Crippen molar-refractivity contribution in [1.82, 2.24) is 10.6 Å². The zero-order valence-corrected chi connectivity index (χ0v) is 13.5. The van der Waals surface area contributed by atoms with Crippen LogP contribution in [0.1, 0.15) is 16.8 Å². The third-order valence-corrected chi connectivity index (χ3v) is 4.21. The van der Waals surface area contributed by atoms with Gasteiger partial charge in [0.15, 0.2) is 0 Å². The van der Waals surface area contributed by atoms with Crippen molar-refractivity contribution < 1.29 is 14.3 Å². The van der Waals surface area contributed by atoms with E-state index in [0.29, 0.717) is 18.5 Å². The van der Waals surface area contributed by atoms with Crippen molar-refractivity contribution >= 4 is 11.9 Å². The maximum atomic E-state index is 12.7. The number of methoxy groups -OCH3 is 1. The smallest absolute Gasteiger partial charge is 0.322 e. The molecule has 1 heterocycles. The van der Waals surface area contributed by atoms with Gasteiger partial charge in [-0.05, 0) is 23.6 Å². The molecule has 0 unspecified atom stereocenters. The Labute approximate surface area is 141 Å². The van der Waals surface area contributed by atoms with Gasteiger partial charge in [0.05, 0.1) is 7.11 Å². The van der Waals surface area contributed by atoms with Crippen LogP contribution in [0.15, 0.2) is 54.6 Å². The Balaban J connectivity index is 1.74. The molecule has 2 aromatic rings. The van der Waals surface area contributed by atoms with Crippen LogP contribution >= 0.6 is 0 Å². The molecule has 5 nitrogen and oxygen atoms in total. The molecule has 124 valence electrons. The second-order valence-electron chi connectivity index (χ2n) is 5.80. The van der Waals surface area contributed by atoms with Crippen molar-refractivity contribution in [3.05, 3.63) is 60.2 Å². The lowest BCUT2D eigenvalue weighted by atomic mass is 9.99. The molecule has 2 atom stereocenters. The molecule has 0 radical (unpaired) electrons. The van der Waals surface area contributed by atoms with Crippen molar-refractivity contribution in [1.29, 1.82) is 0 Å². The van der Waals surface area contributed by atoms with Crippen molar-refractivity contribution in [3.63, 3.8) is 0 Å². The average molecular weight is 324 g/mol. The molecule has 5 heteroatoms. The lowest BCUT2D eigenvalue weighted by Gasteiger charge is -2.14. The molecule has 3 rings (SSSR count). The highest BCUT2D eigenvalue weighted by atomic mass is 16.5. The molecule has 2 aromatic carbocycles. The first-order valence-corrected chi connectivity index (χ1v) is 7.95. The quantitative estimate of drug-likeness (QED) is 0.844. The van der Waals surface area contributed by atoms with E-state index in [-0.39, 0.29) is 24.0 Å². The van der Waals surface area contributed by atoms with Crippen LogP contribution in [0.25, 0.3) is 11.1 Å². The molecule has 24 heavy (non-hydrogen) atoms. The number of amides is 1. The van der Waals surface area contributed by atoms with Gasteiger partial charge in [0.1, 0.15) is 6.04 Å². The Bertz CT molecular complexity index is 730. The first kappa shape index (κ1) is 16.2. The minimum Gasteiger partial charge on any atom is -0.468 e. The summed E-state index contributed by atoms with van der Waals surface area (Å²) in [6.45, 7) is 0.555. The van der Waals surface area contributed by atoms with Crippen LogP contribution in [0.5, 0.6) is 0 Å². The number of hydrogen-bond acceptors (Lipinski definition) is 4. The highest BCUT2D eigenvalue weighted by molar-refractivity contribution is 6.01. The fourth-order valence-corrected chi connectivity index (χ4v) is 2.98. The third kappa shape index (κ3) is 3.46. The van der Waals surface area contributed by atoms with Gasteiger partial charge in [-0.15, -0.1) is 0 Å². The summed E-state index contributed by atoms with van der Waals surface area (Å²) in [7, 11) is 1.37. The maximum Gasteiger partial charge on any atom is 0.322 e. The van der Waals surface area contributed by atoms with Crippen LogP contribution in [-0.4, -0.2) is 37.6 Å². The zero-order valence-electron chi connectivity index (χ0n) is 13.5. The van der Waals surface area contributed by atoms with Gasteiger partial charge < -0.3 is 15.4 Å². The SMILES string of the molecule is COC(=O)[C@@H]1C[C@@H](NC(=O)c2ccccc2-c2ccccc2)CN1. The molecule has 0 aliphatic carbocycles. The van der Waals surface area contributed by atoms with E-state index in [4.69, 9.17) is 4.74 Å². The average Bonchev–Trinajstić information content (AvgIpc) is 3.10. The minimum atomic E-state index is -0.357. The van der Waals surface area contributed by atoms with Crippen molar-refractivity contribution in [2.75, 3.05) is 13.7 Å². The molecule has 1 amide bonds. The summed E-state index contributed by atoms with van der Waals surface area (Å²) in [6, 6.07) is 16.9. The molecule has 2 N–H and O–H groups in total. The Morgan fingerprint density at radius 2 is 1.79 bits per heavy atom. The number of nitrogens with one attached hydrogen (secondary N) is 2. The summed E-state index contributed by atoms with van der Waals surface area (Å²) in [4.78, 5) is 24.2. The summed E-state index contributed by atoms with van der Waals surface area (Å²) in [5.74, 6) is -0.428. The fourth-order valence-electron chi connectivity index (χ4n) is 2.98. The topological polar surface area (TPSA) is 67.4 Å². The summed E-state index contributed by atoms with van der Waals surface area (Å²) < 4.78 is 4.73. The highest BCUT2D eigenvalue weighted by Gasteiger charge is 2.31. The third-order valence-electron chi connectivity index (χ3n) is 4.21. The summed E-state index contributed by atoms with van der Waals surface area (Å²) in [5, 5.41) is 6.08. The number of rotatable bonds is 4. The maximum absolute atomic E-state index is 12.7. The highest BCUT2D eigenvalue weighted by Crippen LogP contribution is 2.23. The molecular weight excluding hydrogens is 304 g/mol. The first-order chi connectivity index (χ1) is 11.7.